The molecule has 1 aromatic heterocycles. The van der Waals surface area contributed by atoms with E-state index in [0.29, 0.717) is 18.4 Å². The number of hydrogen-bond acceptors (Lipinski definition) is 1. The van der Waals surface area contributed by atoms with Gasteiger partial charge in [0.25, 0.3) is 0 Å². The van der Waals surface area contributed by atoms with Crippen LogP contribution in [0.2, 0.25) is 0 Å². The van der Waals surface area contributed by atoms with E-state index in [9.17, 15) is 8.78 Å². The summed E-state index contributed by atoms with van der Waals surface area (Å²) in [5.41, 5.74) is 2.11. The van der Waals surface area contributed by atoms with Crippen LogP contribution in [0.15, 0.2) is 42.7 Å². The molecule has 2 aromatic rings. The standard InChI is InChI=1S/C14H13F2N/c15-7-1-3-11-5-6-13(14(16)9-11)12-4-2-8-17-10-12/h2,4-6,8-10H,1,3,7H2. The highest BCUT2D eigenvalue weighted by molar-refractivity contribution is 5.63. The minimum absolute atomic E-state index is 0.283. The summed E-state index contributed by atoms with van der Waals surface area (Å²) >= 11 is 0. The normalized spacial score (nSPS) is 10.5. The quantitative estimate of drug-likeness (QED) is 0.783. The lowest BCUT2D eigenvalue weighted by Gasteiger charge is -2.05. The van der Waals surface area contributed by atoms with Gasteiger partial charge >= 0.3 is 0 Å². The Hall–Kier alpha value is -1.77. The molecule has 0 atom stereocenters. The minimum Gasteiger partial charge on any atom is -0.264 e. The summed E-state index contributed by atoms with van der Waals surface area (Å²) in [7, 11) is 0. The maximum Gasteiger partial charge on any atom is 0.131 e. The van der Waals surface area contributed by atoms with Crippen LogP contribution in [0.3, 0.4) is 0 Å². The van der Waals surface area contributed by atoms with Crippen molar-refractivity contribution in [2.45, 2.75) is 12.8 Å². The molecule has 0 aliphatic carbocycles. The molecule has 0 aliphatic rings. The molecule has 0 saturated heterocycles. The number of benzene rings is 1. The van der Waals surface area contributed by atoms with Crippen LogP contribution in [0.1, 0.15) is 12.0 Å². The first kappa shape index (κ1) is 11.7. The van der Waals surface area contributed by atoms with E-state index in [-0.39, 0.29) is 12.5 Å². The van der Waals surface area contributed by atoms with Gasteiger partial charge in [-0.05, 0) is 30.5 Å². The van der Waals surface area contributed by atoms with Crippen molar-refractivity contribution in [3.63, 3.8) is 0 Å². The van der Waals surface area contributed by atoms with Gasteiger partial charge in [-0.25, -0.2) is 4.39 Å². The molecule has 0 bridgehead atoms. The van der Waals surface area contributed by atoms with Crippen LogP contribution in [0.5, 0.6) is 0 Å². The van der Waals surface area contributed by atoms with E-state index in [2.05, 4.69) is 4.98 Å². The fourth-order valence-electron chi connectivity index (χ4n) is 1.74. The monoisotopic (exact) mass is 233 g/mol. The number of nitrogens with zero attached hydrogens (tertiary/aromatic N) is 1. The summed E-state index contributed by atoms with van der Waals surface area (Å²) in [6.07, 6.45) is 4.28. The maximum absolute atomic E-state index is 13.8. The average molecular weight is 233 g/mol. The molecule has 1 nitrogen and oxygen atoms in total. The number of rotatable bonds is 4. The van der Waals surface area contributed by atoms with Gasteiger partial charge in [0.05, 0.1) is 6.67 Å². The van der Waals surface area contributed by atoms with Crippen LogP contribution in [0, 0.1) is 5.82 Å². The summed E-state index contributed by atoms with van der Waals surface area (Å²) in [6.45, 7) is -0.369. The Morgan fingerprint density at radius 2 is 2.06 bits per heavy atom. The molecule has 1 heterocycles. The minimum atomic E-state index is -0.369. The molecule has 1 aromatic carbocycles. The third-order valence-corrected chi connectivity index (χ3v) is 2.61. The van der Waals surface area contributed by atoms with E-state index in [4.69, 9.17) is 0 Å². The van der Waals surface area contributed by atoms with Gasteiger partial charge in [0.15, 0.2) is 0 Å². The third-order valence-electron chi connectivity index (χ3n) is 2.61. The lowest BCUT2D eigenvalue weighted by molar-refractivity contribution is 0.472. The van der Waals surface area contributed by atoms with E-state index in [1.165, 1.54) is 6.07 Å². The maximum atomic E-state index is 13.8. The molecule has 0 radical (unpaired) electrons. The van der Waals surface area contributed by atoms with E-state index < -0.39 is 0 Å². The summed E-state index contributed by atoms with van der Waals surface area (Å²) in [5, 5.41) is 0. The summed E-state index contributed by atoms with van der Waals surface area (Å²) in [6, 6.07) is 8.61. The number of aromatic nitrogens is 1. The first-order valence-corrected chi connectivity index (χ1v) is 5.56. The Labute approximate surface area is 99.1 Å². The molecule has 88 valence electrons. The van der Waals surface area contributed by atoms with E-state index in [1.807, 2.05) is 12.1 Å². The molecule has 2 rings (SSSR count). The SMILES string of the molecule is FCCCc1ccc(-c2cccnc2)c(F)c1. The molecule has 0 saturated carbocycles. The van der Waals surface area contributed by atoms with Crippen molar-refractivity contribution >= 4 is 0 Å². The van der Waals surface area contributed by atoms with Crippen LogP contribution in [0.25, 0.3) is 11.1 Å². The summed E-state index contributed by atoms with van der Waals surface area (Å²) < 4.78 is 25.9. The second kappa shape index (κ2) is 5.53. The van der Waals surface area contributed by atoms with E-state index in [0.717, 1.165) is 11.1 Å². The molecule has 0 aliphatic heterocycles. The highest BCUT2D eigenvalue weighted by Gasteiger charge is 2.05. The lowest BCUT2D eigenvalue weighted by atomic mass is 10.0. The van der Waals surface area contributed by atoms with E-state index in [1.54, 1.807) is 24.5 Å². The molecule has 0 spiro atoms. The Kier molecular flexibility index (Phi) is 3.81. The third kappa shape index (κ3) is 2.87. The fraction of sp³-hybridized carbons (Fsp3) is 0.214. The van der Waals surface area contributed by atoms with Gasteiger partial charge in [-0.3, -0.25) is 9.37 Å². The fourth-order valence-corrected chi connectivity index (χ4v) is 1.74. The number of halogens is 2. The van der Waals surface area contributed by atoms with Gasteiger partial charge in [-0.15, -0.1) is 0 Å². The zero-order valence-corrected chi connectivity index (χ0v) is 9.37. The second-order valence-electron chi connectivity index (χ2n) is 3.85. The van der Waals surface area contributed by atoms with Gasteiger partial charge < -0.3 is 0 Å². The smallest absolute Gasteiger partial charge is 0.131 e. The molecule has 0 N–H and O–H groups in total. The molecule has 0 fully saturated rings. The van der Waals surface area contributed by atoms with Crippen molar-refractivity contribution in [1.82, 2.24) is 4.98 Å². The summed E-state index contributed by atoms with van der Waals surface area (Å²) in [5.74, 6) is -0.283. The first-order chi connectivity index (χ1) is 8.31. The van der Waals surface area contributed by atoms with Crippen LogP contribution < -0.4 is 0 Å². The van der Waals surface area contributed by atoms with Gasteiger partial charge in [0, 0.05) is 23.5 Å². The zero-order chi connectivity index (χ0) is 12.1. The van der Waals surface area contributed by atoms with Gasteiger partial charge in [-0.1, -0.05) is 18.2 Å². The average Bonchev–Trinajstić information content (AvgIpc) is 2.37. The molecule has 0 amide bonds. The van der Waals surface area contributed by atoms with Crippen LogP contribution >= 0.6 is 0 Å². The predicted octanol–water partition coefficient (Wildman–Crippen LogP) is 3.79. The number of alkyl halides is 1. The Balaban J connectivity index is 2.26. The van der Waals surface area contributed by atoms with Gasteiger partial charge in [-0.2, -0.15) is 0 Å². The predicted molar refractivity (Wildman–Crippen MR) is 63.9 cm³/mol. The van der Waals surface area contributed by atoms with Gasteiger partial charge in [0.1, 0.15) is 5.82 Å². The Morgan fingerprint density at radius 1 is 1.18 bits per heavy atom. The van der Waals surface area contributed by atoms with Gasteiger partial charge in [0.2, 0.25) is 0 Å². The molecular weight excluding hydrogens is 220 g/mol. The molecule has 3 heteroatoms. The number of hydrogen-bond donors (Lipinski definition) is 0. The second-order valence-corrected chi connectivity index (χ2v) is 3.85. The van der Waals surface area contributed by atoms with Crippen molar-refractivity contribution < 1.29 is 8.78 Å². The number of pyridine rings is 1. The molecule has 0 unspecified atom stereocenters. The van der Waals surface area contributed by atoms with Crippen molar-refractivity contribution in [3.05, 3.63) is 54.1 Å². The zero-order valence-electron chi connectivity index (χ0n) is 9.37. The summed E-state index contributed by atoms with van der Waals surface area (Å²) in [4.78, 5) is 3.96. The largest absolute Gasteiger partial charge is 0.264 e. The number of aryl methyl sites for hydroxylation is 1. The highest BCUT2D eigenvalue weighted by atomic mass is 19.1. The van der Waals surface area contributed by atoms with Crippen LogP contribution in [-0.2, 0) is 6.42 Å². The Bertz CT molecular complexity index is 483. The highest BCUT2D eigenvalue weighted by Crippen LogP contribution is 2.23. The van der Waals surface area contributed by atoms with E-state index >= 15 is 0 Å². The Morgan fingerprint density at radius 3 is 2.71 bits per heavy atom. The topological polar surface area (TPSA) is 12.9 Å². The van der Waals surface area contributed by atoms with Crippen molar-refractivity contribution in [1.29, 1.82) is 0 Å². The van der Waals surface area contributed by atoms with Crippen molar-refractivity contribution in [3.8, 4) is 11.1 Å². The lowest BCUT2D eigenvalue weighted by Crippen LogP contribution is -1.91. The molecule has 17 heavy (non-hydrogen) atoms. The van der Waals surface area contributed by atoms with Crippen LogP contribution in [0.4, 0.5) is 8.78 Å². The first-order valence-electron chi connectivity index (χ1n) is 5.56. The van der Waals surface area contributed by atoms with Crippen molar-refractivity contribution in [2.75, 3.05) is 6.67 Å². The van der Waals surface area contributed by atoms with Crippen molar-refractivity contribution in [2.24, 2.45) is 0 Å². The van der Waals surface area contributed by atoms with Crippen LogP contribution in [-0.4, -0.2) is 11.7 Å². The molecular formula is C14H13F2N.